The molecule has 35 heavy (non-hydrogen) atoms. The van der Waals surface area contributed by atoms with Crippen LogP contribution in [0, 0.1) is 5.82 Å². The van der Waals surface area contributed by atoms with Gasteiger partial charge in [0, 0.05) is 75.4 Å². The van der Waals surface area contributed by atoms with Gasteiger partial charge in [0.25, 0.3) is 5.91 Å². The molecule has 11 heteroatoms. The zero-order chi connectivity index (χ0) is 24.1. The number of carbonyl (C=O) groups excluding carboxylic acids is 3. The van der Waals surface area contributed by atoms with Gasteiger partial charge in [-0.15, -0.1) is 0 Å². The first-order valence-electron chi connectivity index (χ1n) is 11.7. The smallest absolute Gasteiger partial charge is 0.255 e. The van der Waals surface area contributed by atoms with Gasteiger partial charge < -0.3 is 14.8 Å². The van der Waals surface area contributed by atoms with Crippen LogP contribution in [0.25, 0.3) is 11.5 Å². The van der Waals surface area contributed by atoms with Crippen molar-refractivity contribution in [1.82, 2.24) is 30.1 Å². The summed E-state index contributed by atoms with van der Waals surface area (Å²) in [5.74, 6) is -0.851. The fourth-order valence-electron chi connectivity index (χ4n) is 5.22. The van der Waals surface area contributed by atoms with Crippen LogP contribution in [0.3, 0.4) is 0 Å². The fourth-order valence-corrected chi connectivity index (χ4v) is 5.22. The number of aromatic nitrogens is 3. The second-order valence-electron chi connectivity index (χ2n) is 9.19. The average Bonchev–Trinajstić information content (AvgIpc) is 3.40. The maximum atomic E-state index is 15.1. The third-order valence-electron chi connectivity index (χ3n) is 7.07. The van der Waals surface area contributed by atoms with Crippen molar-refractivity contribution in [1.29, 1.82) is 0 Å². The van der Waals surface area contributed by atoms with Crippen LogP contribution in [0.15, 0.2) is 30.7 Å². The molecule has 3 amide bonds. The lowest BCUT2D eigenvalue weighted by atomic mass is 10.0. The molecule has 1 atom stereocenters. The number of piperidine rings is 1. The monoisotopic (exact) mass is 477 g/mol. The van der Waals surface area contributed by atoms with Gasteiger partial charge in [-0.3, -0.25) is 29.6 Å². The summed E-state index contributed by atoms with van der Waals surface area (Å²) in [6.07, 6.45) is 5.77. The molecular weight excluding hydrogens is 453 g/mol. The lowest BCUT2D eigenvalue weighted by Gasteiger charge is -2.36. The summed E-state index contributed by atoms with van der Waals surface area (Å²) >= 11 is 0. The standard InChI is InChI=1S/C24H24FN7O3/c25-17-10-16-14(13-32(24(16)35)18-1-2-20(33)29-23(18)34)9-19(17)31-7-5-30(6-8-31)12-15-11-28-22-21(15)26-3-4-27-22/h3-4,9-11,18H,1-2,5-8,12-13H2,(H,27,28)(H,29,33,34). The van der Waals surface area contributed by atoms with Gasteiger partial charge in [0.2, 0.25) is 11.8 Å². The lowest BCUT2D eigenvalue weighted by molar-refractivity contribution is -0.136. The maximum Gasteiger partial charge on any atom is 0.255 e. The molecular formula is C24H24FN7O3. The Balaban J connectivity index is 1.14. The minimum absolute atomic E-state index is 0.186. The minimum atomic E-state index is -0.712. The van der Waals surface area contributed by atoms with Crippen molar-refractivity contribution in [3.63, 3.8) is 0 Å². The number of nitrogens with one attached hydrogen (secondary N) is 2. The van der Waals surface area contributed by atoms with Gasteiger partial charge in [-0.1, -0.05) is 0 Å². The number of nitrogens with zero attached hydrogens (tertiary/aromatic N) is 5. The Bertz CT molecular complexity index is 1300. The molecule has 0 aromatic heterocycles. The average molecular weight is 478 g/mol. The van der Waals surface area contributed by atoms with Gasteiger partial charge in [-0.25, -0.2) is 9.37 Å². The van der Waals surface area contributed by atoms with Crippen LogP contribution in [-0.2, 0) is 22.7 Å². The van der Waals surface area contributed by atoms with Crippen molar-refractivity contribution < 1.29 is 18.8 Å². The number of amides is 3. The molecule has 1 aromatic rings. The Morgan fingerprint density at radius 3 is 2.71 bits per heavy atom. The molecule has 2 N–H and O–H groups in total. The van der Waals surface area contributed by atoms with Gasteiger partial charge >= 0.3 is 0 Å². The molecule has 0 saturated carbocycles. The van der Waals surface area contributed by atoms with E-state index in [9.17, 15) is 14.4 Å². The number of H-pyrrole nitrogens is 1. The molecule has 1 unspecified atom stereocenters. The molecule has 180 valence electrons. The molecule has 2 fully saturated rings. The quantitative estimate of drug-likeness (QED) is 0.542. The maximum absolute atomic E-state index is 15.1. The number of hydrogen-bond acceptors (Lipinski definition) is 7. The van der Waals surface area contributed by atoms with E-state index in [4.69, 9.17) is 0 Å². The summed E-state index contributed by atoms with van der Waals surface area (Å²) in [5, 5.41) is 2.29. The number of benzene rings is 1. The van der Waals surface area contributed by atoms with Crippen molar-refractivity contribution in [2.24, 2.45) is 0 Å². The summed E-state index contributed by atoms with van der Waals surface area (Å²) in [5.41, 5.74) is 3.38. The molecule has 5 heterocycles. The number of rotatable bonds is 4. The number of hydrogen-bond donors (Lipinski definition) is 2. The summed E-state index contributed by atoms with van der Waals surface area (Å²) in [7, 11) is 0. The van der Waals surface area contributed by atoms with E-state index in [2.05, 4.69) is 25.2 Å². The Kier molecular flexibility index (Phi) is 5.21. The predicted octanol–water partition coefficient (Wildman–Crippen LogP) is 1.13. The van der Waals surface area contributed by atoms with Gasteiger partial charge in [-0.2, -0.15) is 0 Å². The third kappa shape index (κ3) is 3.81. The van der Waals surface area contributed by atoms with Crippen LogP contribution in [-0.4, -0.2) is 74.7 Å². The van der Waals surface area contributed by atoms with Gasteiger partial charge in [0.1, 0.15) is 17.6 Å². The van der Waals surface area contributed by atoms with Crippen molar-refractivity contribution in [2.45, 2.75) is 32.0 Å². The molecule has 0 aliphatic carbocycles. The number of anilines is 1. The normalized spacial score (nSPS) is 21.1. The summed E-state index contributed by atoms with van der Waals surface area (Å²) in [6.45, 7) is 3.74. The molecule has 10 nitrogen and oxygen atoms in total. The third-order valence-corrected chi connectivity index (χ3v) is 7.07. The van der Waals surface area contributed by atoms with E-state index in [0.717, 1.165) is 36.7 Å². The van der Waals surface area contributed by atoms with Crippen molar-refractivity contribution in [3.8, 4) is 11.5 Å². The number of imide groups is 1. The Morgan fingerprint density at radius 1 is 1.09 bits per heavy atom. The van der Waals surface area contributed by atoms with E-state index in [0.29, 0.717) is 24.3 Å². The molecule has 0 radical (unpaired) electrons. The van der Waals surface area contributed by atoms with Crippen LogP contribution in [0.5, 0.6) is 0 Å². The highest BCUT2D eigenvalue weighted by atomic mass is 19.1. The Labute approximate surface area is 200 Å². The number of carbonyl (C=O) groups is 3. The van der Waals surface area contributed by atoms with E-state index in [1.54, 1.807) is 18.5 Å². The molecule has 2 saturated heterocycles. The van der Waals surface area contributed by atoms with E-state index in [-0.39, 0.29) is 36.8 Å². The van der Waals surface area contributed by atoms with Crippen LogP contribution >= 0.6 is 0 Å². The van der Waals surface area contributed by atoms with Gasteiger partial charge in [0.05, 0.1) is 5.69 Å². The first-order chi connectivity index (χ1) is 17.0. The molecule has 1 aromatic carbocycles. The number of halogens is 1. The molecule has 5 aliphatic rings. The first-order valence-corrected chi connectivity index (χ1v) is 11.7. The second-order valence-corrected chi connectivity index (χ2v) is 9.19. The summed E-state index contributed by atoms with van der Waals surface area (Å²) in [4.78, 5) is 54.2. The number of piperazine rings is 1. The first kappa shape index (κ1) is 21.7. The highest BCUT2D eigenvalue weighted by Gasteiger charge is 2.40. The molecule has 0 spiro atoms. The van der Waals surface area contributed by atoms with Crippen LogP contribution in [0.1, 0.15) is 34.3 Å². The fraction of sp³-hybridized carbons (Fsp3) is 0.375. The van der Waals surface area contributed by atoms with E-state index < -0.39 is 17.8 Å². The van der Waals surface area contributed by atoms with E-state index >= 15 is 4.39 Å². The zero-order valence-corrected chi connectivity index (χ0v) is 19.0. The zero-order valence-electron chi connectivity index (χ0n) is 19.0. The van der Waals surface area contributed by atoms with Gasteiger partial charge in [-0.05, 0) is 24.1 Å². The second kappa shape index (κ2) is 8.42. The molecule has 6 rings (SSSR count). The number of aromatic amines is 1. The largest absolute Gasteiger partial charge is 0.367 e. The Morgan fingerprint density at radius 2 is 1.91 bits per heavy atom. The van der Waals surface area contributed by atoms with E-state index in [1.165, 1.54) is 11.0 Å². The van der Waals surface area contributed by atoms with Crippen molar-refractivity contribution >= 4 is 23.4 Å². The van der Waals surface area contributed by atoms with Crippen molar-refractivity contribution in [3.05, 3.63) is 53.2 Å². The van der Waals surface area contributed by atoms with Crippen LogP contribution < -0.4 is 10.2 Å². The minimum Gasteiger partial charge on any atom is -0.367 e. The highest BCUT2D eigenvalue weighted by molar-refractivity contribution is 6.05. The summed E-state index contributed by atoms with van der Waals surface area (Å²) in [6, 6.07) is 2.31. The SMILES string of the molecule is O=C1CCC(N2Cc3cc(N4CCN(Cc5cnc6[nH]ccnc5-6)CC4)c(F)cc3C2=O)C(=O)N1. The molecule has 0 bridgehead atoms. The van der Waals surface area contributed by atoms with Crippen LogP contribution in [0.2, 0.25) is 0 Å². The van der Waals surface area contributed by atoms with Crippen LogP contribution in [0.4, 0.5) is 10.1 Å². The number of fused-ring (bicyclic) bond motifs is 2. The predicted molar refractivity (Wildman–Crippen MR) is 123 cm³/mol. The lowest BCUT2D eigenvalue weighted by Crippen LogP contribution is -2.52. The van der Waals surface area contributed by atoms with Crippen molar-refractivity contribution in [2.75, 3.05) is 31.1 Å². The highest BCUT2D eigenvalue weighted by Crippen LogP contribution is 2.33. The van der Waals surface area contributed by atoms with Gasteiger partial charge in [0.15, 0.2) is 5.82 Å². The summed E-state index contributed by atoms with van der Waals surface area (Å²) < 4.78 is 15.1. The Hall–Kier alpha value is -3.86. The topological polar surface area (TPSA) is 115 Å². The molecule has 5 aliphatic heterocycles. The van der Waals surface area contributed by atoms with E-state index in [1.807, 2.05) is 11.1 Å².